The normalized spacial score (nSPS) is 18.5. The summed E-state index contributed by atoms with van der Waals surface area (Å²) in [7, 11) is -3.71. The molecule has 0 unspecified atom stereocenters. The van der Waals surface area contributed by atoms with Gasteiger partial charge in [-0.2, -0.15) is 9.57 Å². The second-order valence-electron chi connectivity index (χ2n) is 9.22. The van der Waals surface area contributed by atoms with Crippen LogP contribution >= 0.6 is 11.3 Å². The first-order chi connectivity index (χ1) is 18.7. The zero-order valence-corrected chi connectivity index (χ0v) is 22.9. The minimum Gasteiger partial charge on any atom is -0.423 e. The number of sulfonamides is 1. The molecular weight excluding hydrogens is 534 g/mol. The predicted octanol–water partition coefficient (Wildman–Crippen LogP) is 5.38. The monoisotopic (exact) mass is 559 g/mol. The van der Waals surface area contributed by atoms with E-state index in [0.717, 1.165) is 15.8 Å². The average molecular weight is 560 g/mol. The first-order valence-corrected chi connectivity index (χ1v) is 14.5. The van der Waals surface area contributed by atoms with Crippen molar-refractivity contribution in [3.05, 3.63) is 88.9 Å². The molecule has 198 valence electrons. The maximum absolute atomic E-state index is 13.0. The molecule has 0 spiro atoms. The van der Waals surface area contributed by atoms with E-state index in [9.17, 15) is 18.5 Å². The van der Waals surface area contributed by atoms with Gasteiger partial charge in [0, 0.05) is 13.1 Å². The minimum atomic E-state index is -3.71. The number of ether oxygens (including phenoxy) is 2. The van der Waals surface area contributed by atoms with Crippen LogP contribution in [-0.4, -0.2) is 49.0 Å². The summed E-state index contributed by atoms with van der Waals surface area (Å²) in [5.74, 6) is -0.285. The van der Waals surface area contributed by atoms with Crippen LogP contribution in [0.1, 0.15) is 34.8 Å². The third-order valence-corrected chi connectivity index (χ3v) is 9.08. The number of aromatic nitrogens is 1. The molecule has 0 saturated carbocycles. The molecule has 0 bridgehead atoms. The summed E-state index contributed by atoms with van der Waals surface area (Å²) >= 11 is 1.45. The number of thiazole rings is 1. The van der Waals surface area contributed by atoms with E-state index in [1.54, 1.807) is 30.3 Å². The number of fused-ring (bicyclic) bond motifs is 1. The number of carbonyl (C=O) groups is 1. The van der Waals surface area contributed by atoms with Crippen molar-refractivity contribution in [3.8, 4) is 11.8 Å². The van der Waals surface area contributed by atoms with E-state index in [0.29, 0.717) is 16.3 Å². The van der Waals surface area contributed by atoms with Crippen LogP contribution < -0.4 is 4.74 Å². The van der Waals surface area contributed by atoms with Gasteiger partial charge >= 0.3 is 5.97 Å². The summed E-state index contributed by atoms with van der Waals surface area (Å²) in [5, 5.41) is 10.3. The Morgan fingerprint density at radius 1 is 1.05 bits per heavy atom. The average Bonchev–Trinajstić information content (AvgIpc) is 3.36. The number of para-hydroxylation sites is 1. The first kappa shape index (κ1) is 26.7. The van der Waals surface area contributed by atoms with Crippen molar-refractivity contribution >= 4 is 49.2 Å². The highest BCUT2D eigenvalue weighted by molar-refractivity contribution is 7.89. The molecule has 0 N–H and O–H groups in total. The minimum absolute atomic E-state index is 0.109. The molecule has 0 aliphatic carbocycles. The lowest BCUT2D eigenvalue weighted by atomic mass is 10.1. The molecule has 1 aromatic heterocycles. The van der Waals surface area contributed by atoms with Crippen LogP contribution in [0, 0.1) is 11.3 Å². The number of carbonyl (C=O) groups excluding carboxylic acids is 1. The number of hydrogen-bond donors (Lipinski definition) is 0. The van der Waals surface area contributed by atoms with E-state index in [1.807, 2.05) is 38.1 Å². The van der Waals surface area contributed by atoms with Gasteiger partial charge in [-0.25, -0.2) is 18.2 Å². The maximum Gasteiger partial charge on any atom is 0.343 e. The highest BCUT2D eigenvalue weighted by atomic mass is 32.2. The van der Waals surface area contributed by atoms with Crippen molar-refractivity contribution in [1.29, 1.82) is 5.26 Å². The molecule has 8 nitrogen and oxygen atoms in total. The lowest BCUT2D eigenvalue weighted by Crippen LogP contribution is -2.48. The van der Waals surface area contributed by atoms with Gasteiger partial charge in [0.2, 0.25) is 10.0 Å². The second-order valence-corrected chi connectivity index (χ2v) is 12.2. The maximum atomic E-state index is 13.0. The van der Waals surface area contributed by atoms with Crippen molar-refractivity contribution in [2.24, 2.45) is 0 Å². The van der Waals surface area contributed by atoms with Crippen LogP contribution in [0.15, 0.2) is 77.7 Å². The summed E-state index contributed by atoms with van der Waals surface area (Å²) < 4.78 is 39.6. The lowest BCUT2D eigenvalue weighted by molar-refractivity contribution is -0.0440. The third kappa shape index (κ3) is 5.92. The van der Waals surface area contributed by atoms with Crippen molar-refractivity contribution in [3.63, 3.8) is 0 Å². The summed E-state index contributed by atoms with van der Waals surface area (Å²) in [4.78, 5) is 17.3. The molecule has 10 heteroatoms. The number of benzene rings is 3. The van der Waals surface area contributed by atoms with Gasteiger partial charge in [-0.1, -0.05) is 24.3 Å². The Labute approximate surface area is 230 Å². The van der Waals surface area contributed by atoms with Gasteiger partial charge in [-0.3, -0.25) is 0 Å². The number of esters is 1. The van der Waals surface area contributed by atoms with Gasteiger partial charge in [-0.15, -0.1) is 11.3 Å². The highest BCUT2D eigenvalue weighted by Gasteiger charge is 2.32. The van der Waals surface area contributed by atoms with Crippen LogP contribution in [0.25, 0.3) is 21.9 Å². The predicted molar refractivity (Wildman–Crippen MR) is 150 cm³/mol. The Balaban J connectivity index is 1.26. The van der Waals surface area contributed by atoms with E-state index < -0.39 is 16.0 Å². The topological polar surface area (TPSA) is 110 Å². The number of nitriles is 1. The van der Waals surface area contributed by atoms with Gasteiger partial charge < -0.3 is 9.47 Å². The molecule has 5 rings (SSSR count). The van der Waals surface area contributed by atoms with Crippen LogP contribution in [0.4, 0.5) is 0 Å². The zero-order valence-electron chi connectivity index (χ0n) is 21.3. The van der Waals surface area contributed by atoms with Crippen molar-refractivity contribution in [1.82, 2.24) is 9.29 Å². The fourth-order valence-electron chi connectivity index (χ4n) is 4.33. The van der Waals surface area contributed by atoms with Gasteiger partial charge in [0.05, 0.1) is 38.5 Å². The highest BCUT2D eigenvalue weighted by Crippen LogP contribution is 2.28. The Kier molecular flexibility index (Phi) is 7.59. The molecule has 2 atom stereocenters. The molecule has 1 saturated heterocycles. The third-order valence-electron chi connectivity index (χ3n) is 6.16. The van der Waals surface area contributed by atoms with Gasteiger partial charge in [-0.05, 0) is 74.0 Å². The summed E-state index contributed by atoms with van der Waals surface area (Å²) in [6, 6.07) is 22.4. The molecule has 3 aromatic carbocycles. The lowest BCUT2D eigenvalue weighted by Gasteiger charge is -2.34. The molecule has 4 aromatic rings. The number of rotatable bonds is 6. The molecule has 1 fully saturated rings. The van der Waals surface area contributed by atoms with Crippen LogP contribution in [-0.2, 0) is 14.8 Å². The van der Waals surface area contributed by atoms with Crippen LogP contribution in [0.2, 0.25) is 0 Å². The number of morpholine rings is 1. The molecule has 1 aliphatic heterocycles. The zero-order chi connectivity index (χ0) is 27.6. The van der Waals surface area contributed by atoms with Crippen LogP contribution in [0.5, 0.6) is 5.75 Å². The first-order valence-electron chi connectivity index (χ1n) is 12.3. The Hall–Kier alpha value is -3.88. The van der Waals surface area contributed by atoms with E-state index >= 15 is 0 Å². The van der Waals surface area contributed by atoms with Gasteiger partial charge in [0.25, 0.3) is 0 Å². The summed E-state index contributed by atoms with van der Waals surface area (Å²) in [6.07, 6.45) is 1.34. The van der Waals surface area contributed by atoms with Gasteiger partial charge in [0.1, 0.15) is 16.8 Å². The Bertz CT molecular complexity index is 1640. The van der Waals surface area contributed by atoms with Crippen molar-refractivity contribution in [2.45, 2.75) is 31.0 Å². The van der Waals surface area contributed by atoms with E-state index in [2.05, 4.69) is 11.1 Å². The molecular formula is C29H25N3O5S2. The largest absolute Gasteiger partial charge is 0.423 e. The van der Waals surface area contributed by atoms with E-state index in [4.69, 9.17) is 9.47 Å². The summed E-state index contributed by atoms with van der Waals surface area (Å²) in [6.45, 7) is 4.23. The quantitative estimate of drug-likeness (QED) is 0.177. The Morgan fingerprint density at radius 3 is 2.36 bits per heavy atom. The van der Waals surface area contributed by atoms with E-state index in [-0.39, 0.29) is 35.8 Å². The number of nitrogens with zero attached hydrogens (tertiary/aromatic N) is 3. The standard InChI is InChI=1S/C29H25N3O5S2/c1-19-17-32(18-20(2)36-19)39(34,35)25-13-9-22(10-14-25)29(33)37-24-11-7-21(8-12-24)15-23(16-30)28-31-26-5-3-4-6-27(26)38-28/h3-15,19-20H,17-18H2,1-2H3/b23-15+/t19-,20-/m1/s1. The van der Waals surface area contributed by atoms with Crippen LogP contribution in [0.3, 0.4) is 0 Å². The fraction of sp³-hybridized carbons (Fsp3) is 0.207. The van der Waals surface area contributed by atoms with Crippen molar-refractivity contribution < 1.29 is 22.7 Å². The van der Waals surface area contributed by atoms with E-state index in [1.165, 1.54) is 39.9 Å². The summed E-state index contributed by atoms with van der Waals surface area (Å²) in [5.41, 5.74) is 2.27. The number of hydrogen-bond acceptors (Lipinski definition) is 8. The molecule has 39 heavy (non-hydrogen) atoms. The second kappa shape index (κ2) is 11.1. The smallest absolute Gasteiger partial charge is 0.343 e. The fourth-order valence-corrected chi connectivity index (χ4v) is 6.86. The molecule has 0 amide bonds. The van der Waals surface area contributed by atoms with Gasteiger partial charge in [0.15, 0.2) is 0 Å². The molecule has 0 radical (unpaired) electrons. The SMILES string of the molecule is C[C@@H]1CN(S(=O)(=O)c2ccc(C(=O)Oc3ccc(/C=C(\C#N)c4nc5ccccc5s4)cc3)cc2)C[C@@H](C)O1. The molecule has 2 heterocycles. The molecule has 1 aliphatic rings. The van der Waals surface area contributed by atoms with Crippen molar-refractivity contribution in [2.75, 3.05) is 13.1 Å². The Morgan fingerprint density at radius 2 is 1.72 bits per heavy atom. The number of allylic oxidation sites excluding steroid dienone is 1.